The number of nitrogens with zero attached hydrogens (tertiary/aromatic N) is 2. The number of amides is 1. The monoisotopic (exact) mass is 352 g/mol. The Morgan fingerprint density at radius 2 is 2.08 bits per heavy atom. The summed E-state index contributed by atoms with van der Waals surface area (Å²) in [6.45, 7) is 0.824. The van der Waals surface area contributed by atoms with Crippen LogP contribution in [0.5, 0.6) is 0 Å². The maximum Gasteiger partial charge on any atom is 0.223 e. The minimum Gasteiger partial charge on any atom is -0.336 e. The van der Waals surface area contributed by atoms with Crippen molar-refractivity contribution < 1.29 is 9.18 Å². The van der Waals surface area contributed by atoms with Gasteiger partial charge in [-0.3, -0.25) is 9.78 Å². The van der Waals surface area contributed by atoms with Gasteiger partial charge in [0.15, 0.2) is 0 Å². The van der Waals surface area contributed by atoms with E-state index in [9.17, 15) is 9.18 Å². The molecule has 1 atom stereocenters. The van der Waals surface area contributed by atoms with Crippen molar-refractivity contribution in [3.05, 3.63) is 71.8 Å². The fraction of sp³-hybridized carbons (Fsp3) is 0.364. The zero-order valence-electron chi connectivity index (χ0n) is 15.0. The number of rotatable bonds is 6. The molecular formula is C22H25FN2O. The Morgan fingerprint density at radius 3 is 2.85 bits per heavy atom. The molecule has 0 spiro atoms. The average molecular weight is 352 g/mol. The third-order valence-electron chi connectivity index (χ3n) is 4.83. The van der Waals surface area contributed by atoms with Crippen molar-refractivity contribution in [2.24, 2.45) is 0 Å². The van der Waals surface area contributed by atoms with Crippen molar-refractivity contribution in [2.75, 3.05) is 6.54 Å². The van der Waals surface area contributed by atoms with Gasteiger partial charge in [-0.25, -0.2) is 4.39 Å². The average Bonchev–Trinajstić information content (AvgIpc) is 2.68. The second kappa shape index (κ2) is 9.27. The van der Waals surface area contributed by atoms with Gasteiger partial charge < -0.3 is 4.90 Å². The van der Waals surface area contributed by atoms with Crippen LogP contribution in [-0.2, 0) is 11.2 Å². The molecule has 0 radical (unpaired) electrons. The fourth-order valence-electron chi connectivity index (χ4n) is 3.40. The smallest absolute Gasteiger partial charge is 0.223 e. The summed E-state index contributed by atoms with van der Waals surface area (Å²) in [5, 5.41) is 0. The van der Waals surface area contributed by atoms with E-state index in [0.29, 0.717) is 6.42 Å². The van der Waals surface area contributed by atoms with E-state index < -0.39 is 0 Å². The maximum absolute atomic E-state index is 13.0. The van der Waals surface area contributed by atoms with Crippen molar-refractivity contribution in [3.63, 3.8) is 0 Å². The van der Waals surface area contributed by atoms with Gasteiger partial charge >= 0.3 is 0 Å². The quantitative estimate of drug-likeness (QED) is 0.759. The van der Waals surface area contributed by atoms with Crippen LogP contribution in [0, 0.1) is 5.82 Å². The third kappa shape index (κ3) is 5.25. The van der Waals surface area contributed by atoms with Crippen molar-refractivity contribution in [3.8, 4) is 0 Å². The summed E-state index contributed by atoms with van der Waals surface area (Å²) in [6, 6.07) is 10.6. The van der Waals surface area contributed by atoms with E-state index in [1.165, 1.54) is 17.7 Å². The summed E-state index contributed by atoms with van der Waals surface area (Å²) in [5.41, 5.74) is 2.13. The number of halogens is 1. The summed E-state index contributed by atoms with van der Waals surface area (Å²) in [6.07, 6.45) is 13.2. The molecule has 1 aromatic heterocycles. The van der Waals surface area contributed by atoms with Crippen molar-refractivity contribution in [1.29, 1.82) is 0 Å². The highest BCUT2D eigenvalue weighted by molar-refractivity contribution is 5.77. The van der Waals surface area contributed by atoms with Crippen LogP contribution in [0.3, 0.4) is 0 Å². The second-order valence-electron chi connectivity index (χ2n) is 6.78. The molecule has 0 saturated carbocycles. The zero-order valence-corrected chi connectivity index (χ0v) is 15.0. The molecule has 1 aliphatic heterocycles. The molecule has 1 amide bonds. The standard InChI is InChI=1S/C22H25FN2O/c23-20-12-9-18(10-13-20)11-14-21-7-1-2-16-25(21)22(26)8-3-5-19-6-4-15-24-17-19/h4,6,9-15,17,21H,1-3,5,7-8,16H2. The Bertz CT molecular complexity index is 728. The number of carbonyl (C=O) groups is 1. The Hall–Kier alpha value is -2.49. The van der Waals surface area contributed by atoms with Crippen LogP contribution in [0.25, 0.3) is 6.08 Å². The van der Waals surface area contributed by atoms with Crippen LogP contribution in [0.1, 0.15) is 43.2 Å². The first kappa shape index (κ1) is 18.3. The highest BCUT2D eigenvalue weighted by Gasteiger charge is 2.24. The number of aromatic nitrogens is 1. The summed E-state index contributed by atoms with van der Waals surface area (Å²) in [7, 11) is 0. The molecule has 1 aromatic carbocycles. The second-order valence-corrected chi connectivity index (χ2v) is 6.78. The fourth-order valence-corrected chi connectivity index (χ4v) is 3.40. The van der Waals surface area contributed by atoms with E-state index >= 15 is 0 Å². The molecule has 26 heavy (non-hydrogen) atoms. The number of piperidine rings is 1. The van der Waals surface area contributed by atoms with E-state index in [2.05, 4.69) is 11.1 Å². The van der Waals surface area contributed by atoms with Crippen LogP contribution >= 0.6 is 0 Å². The summed E-state index contributed by atoms with van der Waals surface area (Å²) in [5.74, 6) is -0.00687. The molecular weight excluding hydrogens is 327 g/mol. The summed E-state index contributed by atoms with van der Waals surface area (Å²) >= 11 is 0. The van der Waals surface area contributed by atoms with E-state index in [4.69, 9.17) is 0 Å². The van der Waals surface area contributed by atoms with Crippen LogP contribution in [0.4, 0.5) is 4.39 Å². The number of pyridine rings is 1. The van der Waals surface area contributed by atoms with Gasteiger partial charge in [-0.05, 0) is 61.4 Å². The highest BCUT2D eigenvalue weighted by atomic mass is 19.1. The summed E-state index contributed by atoms with van der Waals surface area (Å²) in [4.78, 5) is 18.8. The molecule has 3 rings (SSSR count). The molecule has 2 heterocycles. The minimum absolute atomic E-state index is 0.139. The highest BCUT2D eigenvalue weighted by Crippen LogP contribution is 2.21. The molecule has 4 heteroatoms. The molecule has 2 aromatic rings. The van der Waals surface area contributed by atoms with Gasteiger partial charge in [-0.2, -0.15) is 0 Å². The van der Waals surface area contributed by atoms with Crippen molar-refractivity contribution in [2.45, 2.75) is 44.6 Å². The molecule has 0 bridgehead atoms. The van der Waals surface area contributed by atoms with Crippen LogP contribution in [0.15, 0.2) is 54.9 Å². The molecule has 1 unspecified atom stereocenters. The number of carbonyl (C=O) groups excluding carboxylic acids is 1. The number of hydrogen-bond donors (Lipinski definition) is 0. The Morgan fingerprint density at radius 1 is 1.23 bits per heavy atom. The minimum atomic E-state index is -0.231. The first-order valence-electron chi connectivity index (χ1n) is 9.34. The van der Waals surface area contributed by atoms with Crippen LogP contribution in [0.2, 0.25) is 0 Å². The number of likely N-dealkylation sites (tertiary alicyclic amines) is 1. The predicted molar refractivity (Wildman–Crippen MR) is 102 cm³/mol. The lowest BCUT2D eigenvalue weighted by Gasteiger charge is -2.34. The topological polar surface area (TPSA) is 33.2 Å². The van der Waals surface area contributed by atoms with Gasteiger partial charge in [0.25, 0.3) is 0 Å². The molecule has 1 saturated heterocycles. The number of benzene rings is 1. The van der Waals surface area contributed by atoms with E-state index in [0.717, 1.165) is 44.2 Å². The lowest BCUT2D eigenvalue weighted by atomic mass is 9.99. The van der Waals surface area contributed by atoms with Crippen molar-refractivity contribution >= 4 is 12.0 Å². The van der Waals surface area contributed by atoms with Crippen molar-refractivity contribution in [1.82, 2.24) is 9.88 Å². The number of aryl methyl sites for hydroxylation is 1. The molecule has 0 aliphatic carbocycles. The number of hydrogen-bond acceptors (Lipinski definition) is 2. The van der Waals surface area contributed by atoms with E-state index in [1.807, 2.05) is 29.3 Å². The lowest BCUT2D eigenvalue weighted by molar-refractivity contribution is -0.133. The Balaban J connectivity index is 1.55. The van der Waals surface area contributed by atoms with Gasteiger partial charge in [-0.1, -0.05) is 30.4 Å². The molecule has 0 N–H and O–H groups in total. The van der Waals surface area contributed by atoms with Gasteiger partial charge in [0.05, 0.1) is 6.04 Å². The first-order valence-corrected chi connectivity index (χ1v) is 9.34. The molecule has 136 valence electrons. The SMILES string of the molecule is O=C(CCCc1cccnc1)N1CCCCC1C=Cc1ccc(F)cc1. The normalized spacial score (nSPS) is 17.6. The zero-order chi connectivity index (χ0) is 18.2. The van der Waals surface area contributed by atoms with Crippen LogP contribution in [-0.4, -0.2) is 28.4 Å². The maximum atomic E-state index is 13.0. The molecule has 3 nitrogen and oxygen atoms in total. The largest absolute Gasteiger partial charge is 0.336 e. The Labute approximate surface area is 154 Å². The van der Waals surface area contributed by atoms with Crippen LogP contribution < -0.4 is 0 Å². The molecule has 1 fully saturated rings. The van der Waals surface area contributed by atoms with E-state index in [-0.39, 0.29) is 17.8 Å². The first-order chi connectivity index (χ1) is 12.7. The Kier molecular flexibility index (Phi) is 6.53. The van der Waals surface area contributed by atoms with Gasteiger partial charge in [0.1, 0.15) is 5.82 Å². The van der Waals surface area contributed by atoms with Gasteiger partial charge in [0, 0.05) is 25.4 Å². The molecule has 1 aliphatic rings. The van der Waals surface area contributed by atoms with E-state index in [1.54, 1.807) is 18.3 Å². The summed E-state index contributed by atoms with van der Waals surface area (Å²) < 4.78 is 13.0. The van der Waals surface area contributed by atoms with Gasteiger partial charge in [0.2, 0.25) is 5.91 Å². The lowest BCUT2D eigenvalue weighted by Crippen LogP contribution is -2.42. The van der Waals surface area contributed by atoms with Gasteiger partial charge in [-0.15, -0.1) is 0 Å². The predicted octanol–water partition coefficient (Wildman–Crippen LogP) is 4.64. The third-order valence-corrected chi connectivity index (χ3v) is 4.83.